The smallest absolute Gasteiger partial charge is 0.253 e. The van der Waals surface area contributed by atoms with E-state index in [9.17, 15) is 9.18 Å². The first-order valence-electron chi connectivity index (χ1n) is 5.58. The van der Waals surface area contributed by atoms with Crippen molar-refractivity contribution in [3.63, 3.8) is 0 Å². The van der Waals surface area contributed by atoms with Crippen molar-refractivity contribution < 1.29 is 9.18 Å². The summed E-state index contributed by atoms with van der Waals surface area (Å²) >= 11 is 5.66. The van der Waals surface area contributed by atoms with E-state index in [4.69, 9.17) is 17.3 Å². The number of nitrogens with zero attached hydrogens (tertiary/aromatic N) is 1. The van der Waals surface area contributed by atoms with E-state index in [1.165, 1.54) is 18.2 Å². The molecule has 1 aliphatic heterocycles. The highest BCUT2D eigenvalue weighted by Crippen LogP contribution is 2.44. The molecule has 2 fully saturated rings. The summed E-state index contributed by atoms with van der Waals surface area (Å²) in [7, 11) is 0. The van der Waals surface area contributed by atoms with Gasteiger partial charge in [0.1, 0.15) is 5.82 Å². The van der Waals surface area contributed by atoms with Gasteiger partial charge in [-0.1, -0.05) is 11.6 Å². The number of hydrogen-bond donors (Lipinski definition) is 1. The number of hydrogen-bond acceptors (Lipinski definition) is 2. The van der Waals surface area contributed by atoms with E-state index < -0.39 is 5.82 Å². The van der Waals surface area contributed by atoms with Gasteiger partial charge in [0.15, 0.2) is 0 Å². The molecular formula is C12H12ClFN2O. The quantitative estimate of drug-likeness (QED) is 0.826. The van der Waals surface area contributed by atoms with E-state index >= 15 is 0 Å². The van der Waals surface area contributed by atoms with Crippen LogP contribution in [0.3, 0.4) is 0 Å². The second kappa shape index (κ2) is 3.68. The Bertz CT molecular complexity index is 481. The summed E-state index contributed by atoms with van der Waals surface area (Å²) in [4.78, 5) is 13.9. The Kier molecular flexibility index (Phi) is 2.38. The Balaban J connectivity index is 1.76. The number of carbonyl (C=O) groups excluding carboxylic acids is 1. The average Bonchev–Trinajstić information content (AvgIpc) is 2.78. The van der Waals surface area contributed by atoms with E-state index in [-0.39, 0.29) is 17.0 Å². The van der Waals surface area contributed by atoms with Crippen LogP contribution in [0.25, 0.3) is 0 Å². The number of rotatable bonds is 1. The number of amides is 1. The fourth-order valence-corrected chi connectivity index (χ4v) is 2.73. The van der Waals surface area contributed by atoms with Gasteiger partial charge < -0.3 is 10.6 Å². The van der Waals surface area contributed by atoms with Gasteiger partial charge in [0.2, 0.25) is 0 Å². The van der Waals surface area contributed by atoms with E-state index in [2.05, 4.69) is 0 Å². The second-order valence-electron chi connectivity index (χ2n) is 4.74. The maximum atomic E-state index is 13.0. The van der Waals surface area contributed by atoms with Gasteiger partial charge in [-0.15, -0.1) is 0 Å². The first kappa shape index (κ1) is 11.0. The SMILES string of the molecule is NC1C2CN(C(=O)c3ccc(F)c(Cl)c3)CC12. The molecule has 3 nitrogen and oxygen atoms in total. The molecule has 1 saturated heterocycles. The Hall–Kier alpha value is -1.13. The molecule has 1 aromatic carbocycles. The molecule has 1 heterocycles. The van der Waals surface area contributed by atoms with Gasteiger partial charge in [0, 0.05) is 24.7 Å². The van der Waals surface area contributed by atoms with Crippen LogP contribution in [-0.4, -0.2) is 29.9 Å². The lowest BCUT2D eigenvalue weighted by Crippen LogP contribution is -2.33. The Morgan fingerprint density at radius 3 is 2.65 bits per heavy atom. The van der Waals surface area contributed by atoms with Crippen LogP contribution in [0.5, 0.6) is 0 Å². The van der Waals surface area contributed by atoms with Crippen LogP contribution < -0.4 is 5.73 Å². The summed E-state index contributed by atoms with van der Waals surface area (Å²) in [6.45, 7) is 1.42. The van der Waals surface area contributed by atoms with Gasteiger partial charge in [-0.2, -0.15) is 0 Å². The van der Waals surface area contributed by atoms with Gasteiger partial charge >= 0.3 is 0 Å². The molecule has 17 heavy (non-hydrogen) atoms. The Morgan fingerprint density at radius 2 is 2.06 bits per heavy atom. The van der Waals surface area contributed by atoms with Crippen LogP contribution in [-0.2, 0) is 0 Å². The number of likely N-dealkylation sites (tertiary alicyclic amines) is 1. The molecule has 0 aromatic heterocycles. The molecule has 2 unspecified atom stereocenters. The van der Waals surface area contributed by atoms with E-state index in [0.717, 1.165) is 0 Å². The van der Waals surface area contributed by atoms with Crippen LogP contribution in [0.15, 0.2) is 18.2 Å². The predicted octanol–water partition coefficient (Wildman–Crippen LogP) is 1.51. The number of fused-ring (bicyclic) bond motifs is 1. The maximum Gasteiger partial charge on any atom is 0.253 e. The number of piperidine rings is 1. The van der Waals surface area contributed by atoms with Gasteiger partial charge in [-0.3, -0.25) is 4.79 Å². The van der Waals surface area contributed by atoms with Crippen molar-refractivity contribution in [3.05, 3.63) is 34.6 Å². The van der Waals surface area contributed by atoms with Crippen LogP contribution in [0.1, 0.15) is 10.4 Å². The third-order valence-corrected chi connectivity index (χ3v) is 4.00. The highest BCUT2D eigenvalue weighted by molar-refractivity contribution is 6.31. The van der Waals surface area contributed by atoms with Crippen LogP contribution in [0.2, 0.25) is 5.02 Å². The number of nitrogens with two attached hydrogens (primary N) is 1. The minimum atomic E-state index is -0.505. The van der Waals surface area contributed by atoms with E-state index in [1.54, 1.807) is 4.90 Å². The summed E-state index contributed by atoms with van der Waals surface area (Å²) < 4.78 is 13.0. The highest BCUT2D eigenvalue weighted by Gasteiger charge is 2.54. The average molecular weight is 255 g/mol. The lowest BCUT2D eigenvalue weighted by Gasteiger charge is -2.19. The lowest BCUT2D eigenvalue weighted by atomic mass is 10.2. The van der Waals surface area contributed by atoms with Gasteiger partial charge in [-0.05, 0) is 30.0 Å². The topological polar surface area (TPSA) is 46.3 Å². The van der Waals surface area contributed by atoms with Crippen molar-refractivity contribution in [1.82, 2.24) is 4.90 Å². The third kappa shape index (κ3) is 1.72. The number of benzene rings is 1. The lowest BCUT2D eigenvalue weighted by molar-refractivity contribution is 0.0773. The molecule has 5 heteroatoms. The minimum absolute atomic E-state index is 0.0168. The van der Waals surface area contributed by atoms with Crippen LogP contribution in [0.4, 0.5) is 4.39 Å². The largest absolute Gasteiger partial charge is 0.338 e. The van der Waals surface area contributed by atoms with E-state index in [1.807, 2.05) is 0 Å². The first-order chi connectivity index (χ1) is 8.08. The third-order valence-electron chi connectivity index (χ3n) is 3.71. The fraction of sp³-hybridized carbons (Fsp3) is 0.417. The summed E-state index contributed by atoms with van der Waals surface area (Å²) in [6.07, 6.45) is 0. The maximum absolute atomic E-state index is 13.0. The van der Waals surface area contributed by atoms with Crippen molar-refractivity contribution in [2.24, 2.45) is 17.6 Å². The second-order valence-corrected chi connectivity index (χ2v) is 5.15. The minimum Gasteiger partial charge on any atom is -0.338 e. The number of carbonyl (C=O) groups is 1. The molecule has 0 bridgehead atoms. The molecule has 1 saturated carbocycles. The normalized spacial score (nSPS) is 30.3. The van der Waals surface area contributed by atoms with Crippen molar-refractivity contribution in [3.8, 4) is 0 Å². The van der Waals surface area contributed by atoms with Crippen molar-refractivity contribution in [2.45, 2.75) is 6.04 Å². The fourth-order valence-electron chi connectivity index (χ4n) is 2.55. The summed E-state index contributed by atoms with van der Waals surface area (Å²) in [5, 5.41) is -0.0168. The first-order valence-corrected chi connectivity index (χ1v) is 5.95. The van der Waals surface area contributed by atoms with Gasteiger partial charge in [0.05, 0.1) is 5.02 Å². The summed E-state index contributed by atoms with van der Waals surface area (Å²) in [6, 6.07) is 4.32. The highest BCUT2D eigenvalue weighted by atomic mass is 35.5. The zero-order valence-corrected chi connectivity index (χ0v) is 9.82. The van der Waals surface area contributed by atoms with Crippen LogP contribution >= 0.6 is 11.6 Å². The molecule has 0 radical (unpaired) electrons. The zero-order chi connectivity index (χ0) is 12.2. The molecule has 2 atom stereocenters. The molecular weight excluding hydrogens is 243 g/mol. The molecule has 3 rings (SSSR count). The van der Waals surface area contributed by atoms with Crippen molar-refractivity contribution >= 4 is 17.5 Å². The Labute approximate surface area is 103 Å². The molecule has 1 aliphatic carbocycles. The van der Waals surface area contributed by atoms with Gasteiger partial charge in [-0.25, -0.2) is 4.39 Å². The van der Waals surface area contributed by atoms with Gasteiger partial charge in [0.25, 0.3) is 5.91 Å². The van der Waals surface area contributed by atoms with Crippen LogP contribution in [0, 0.1) is 17.7 Å². The molecule has 1 aromatic rings. The molecule has 2 aliphatic rings. The Morgan fingerprint density at radius 1 is 1.41 bits per heavy atom. The monoisotopic (exact) mass is 254 g/mol. The van der Waals surface area contributed by atoms with Crippen molar-refractivity contribution in [1.29, 1.82) is 0 Å². The van der Waals surface area contributed by atoms with Crippen molar-refractivity contribution in [2.75, 3.05) is 13.1 Å². The summed E-state index contributed by atoms with van der Waals surface area (Å²) in [5.74, 6) is 0.311. The standard InChI is InChI=1S/C12H12ClFN2O/c13-9-3-6(1-2-10(9)14)12(17)16-4-7-8(5-16)11(7)15/h1-3,7-8,11H,4-5,15H2. The molecule has 2 N–H and O–H groups in total. The molecule has 0 spiro atoms. The molecule has 1 amide bonds. The number of halogens is 2. The van der Waals surface area contributed by atoms with E-state index in [0.29, 0.717) is 30.5 Å². The zero-order valence-electron chi connectivity index (χ0n) is 9.07. The molecule has 90 valence electrons. The predicted molar refractivity (Wildman–Crippen MR) is 62.3 cm³/mol. The summed E-state index contributed by atoms with van der Waals surface area (Å²) in [5.41, 5.74) is 6.24.